The summed E-state index contributed by atoms with van der Waals surface area (Å²) in [6.45, 7) is 1.75. The summed E-state index contributed by atoms with van der Waals surface area (Å²) in [6, 6.07) is 3.94. The Bertz CT molecular complexity index is 738. The van der Waals surface area contributed by atoms with E-state index >= 15 is 0 Å². The number of ether oxygens (including phenoxy) is 2. The van der Waals surface area contributed by atoms with Crippen LogP contribution in [0.4, 0.5) is 0 Å². The minimum absolute atomic E-state index is 0.113. The molecule has 0 atom stereocenters. The number of nitrogens with zero attached hydrogens (tertiary/aromatic N) is 2. The van der Waals surface area contributed by atoms with Crippen LogP contribution < -0.4 is 4.74 Å². The lowest BCUT2D eigenvalue weighted by molar-refractivity contribution is 0.0868. The highest BCUT2D eigenvalue weighted by atomic mass is 79.9. The first kappa shape index (κ1) is 19.0. The summed E-state index contributed by atoms with van der Waals surface area (Å²) in [5.74, 6) is 3.20. The molecule has 1 aliphatic carbocycles. The predicted octanol–water partition coefficient (Wildman–Crippen LogP) is 3.75. The number of aliphatic hydroxyl groups excluding tert-OH is 1. The van der Waals surface area contributed by atoms with Gasteiger partial charge in [0.15, 0.2) is 0 Å². The van der Waals surface area contributed by atoms with E-state index in [0.717, 1.165) is 33.6 Å². The maximum Gasteiger partial charge on any atom is 0.137 e. The van der Waals surface area contributed by atoms with Gasteiger partial charge >= 0.3 is 0 Å². The fourth-order valence-electron chi connectivity index (χ4n) is 2.51. The van der Waals surface area contributed by atoms with E-state index in [2.05, 4.69) is 39.7 Å². The minimum Gasteiger partial charge on any atom is -0.492 e. The van der Waals surface area contributed by atoms with Crippen LogP contribution in [0.2, 0.25) is 0 Å². The average molecular weight is 431 g/mol. The normalized spacial score (nSPS) is 15.7. The van der Waals surface area contributed by atoms with Crippen molar-refractivity contribution in [3.8, 4) is 5.75 Å². The van der Waals surface area contributed by atoms with Crippen LogP contribution in [0.5, 0.6) is 5.75 Å². The lowest BCUT2D eigenvalue weighted by atomic mass is 10.3. The molecule has 1 aliphatic rings. The summed E-state index contributed by atoms with van der Waals surface area (Å²) in [5, 5.41) is 9.65. The van der Waals surface area contributed by atoms with E-state index in [1.165, 1.54) is 12.8 Å². The van der Waals surface area contributed by atoms with Gasteiger partial charge in [0.05, 0.1) is 28.7 Å². The molecule has 2 aromatic rings. The third-order valence-corrected chi connectivity index (χ3v) is 6.27. The smallest absolute Gasteiger partial charge is 0.137 e. The van der Waals surface area contributed by atoms with E-state index < -0.39 is 10.0 Å². The molecule has 0 bridgehead atoms. The Morgan fingerprint density at radius 1 is 1.32 bits per heavy atom. The largest absolute Gasteiger partial charge is 0.492 e. The second kappa shape index (κ2) is 7.86. The summed E-state index contributed by atoms with van der Waals surface area (Å²) in [6.07, 6.45) is 9.36. The topological polar surface area (TPSA) is 56.5 Å². The van der Waals surface area contributed by atoms with Gasteiger partial charge in [-0.1, -0.05) is 0 Å². The molecule has 1 fully saturated rings. The van der Waals surface area contributed by atoms with Crippen LogP contribution in [0.3, 0.4) is 0 Å². The lowest BCUT2D eigenvalue weighted by Gasteiger charge is -2.24. The zero-order chi connectivity index (χ0) is 18.0. The molecule has 3 rings (SSSR count). The Labute approximate surface area is 159 Å². The number of hydrogen-bond donors (Lipinski definition) is 1. The highest BCUT2D eigenvalue weighted by Gasteiger charge is 2.23. The molecule has 5 nitrogen and oxygen atoms in total. The van der Waals surface area contributed by atoms with Gasteiger partial charge < -0.3 is 19.1 Å². The Morgan fingerprint density at radius 2 is 2.08 bits per heavy atom. The van der Waals surface area contributed by atoms with Crippen molar-refractivity contribution < 1.29 is 14.6 Å². The Hall–Kier alpha value is -0.760. The SMILES string of the molecule is CS(C)(C)CCOCn1c(CO)nc2cc(Br)c(OCC3CC3)cc21. The molecule has 1 heterocycles. The number of fused-ring (bicyclic) bond motifs is 1. The highest BCUT2D eigenvalue weighted by Crippen LogP contribution is 2.35. The number of imidazole rings is 1. The molecule has 0 spiro atoms. The molecule has 7 heteroatoms. The maximum atomic E-state index is 9.65. The molecule has 0 amide bonds. The third-order valence-electron chi connectivity index (χ3n) is 4.25. The standard InChI is InChI=1S/C18H27BrN2O3S/c1-25(2,3)7-6-23-12-21-16-9-17(24-11-13-4-5-13)14(19)8-15(16)20-18(21)10-22/h8-9,13,22H,4-7,10-12H2,1-3H3. The fraction of sp³-hybridized carbons (Fsp3) is 0.611. The monoisotopic (exact) mass is 430 g/mol. The zero-order valence-corrected chi connectivity index (χ0v) is 17.5. The van der Waals surface area contributed by atoms with Crippen molar-refractivity contribution in [3.05, 3.63) is 22.4 Å². The molecule has 140 valence electrons. The van der Waals surface area contributed by atoms with Crippen molar-refractivity contribution in [2.75, 3.05) is 37.7 Å². The van der Waals surface area contributed by atoms with Crippen molar-refractivity contribution in [1.82, 2.24) is 9.55 Å². The van der Waals surface area contributed by atoms with Crippen LogP contribution in [0.15, 0.2) is 16.6 Å². The van der Waals surface area contributed by atoms with E-state index in [9.17, 15) is 5.11 Å². The van der Waals surface area contributed by atoms with E-state index in [0.29, 0.717) is 25.1 Å². The van der Waals surface area contributed by atoms with Crippen molar-refractivity contribution in [2.45, 2.75) is 26.2 Å². The third kappa shape index (κ3) is 5.12. The van der Waals surface area contributed by atoms with E-state index in [4.69, 9.17) is 9.47 Å². The molecule has 1 aromatic heterocycles. The van der Waals surface area contributed by atoms with E-state index in [1.54, 1.807) is 0 Å². The number of aliphatic hydroxyl groups is 1. The Morgan fingerprint density at radius 3 is 2.72 bits per heavy atom. The Kier molecular flexibility index (Phi) is 5.98. The number of benzene rings is 1. The molecule has 1 N–H and O–H groups in total. The van der Waals surface area contributed by atoms with Crippen LogP contribution in [-0.4, -0.2) is 52.4 Å². The number of halogens is 1. The van der Waals surface area contributed by atoms with Crippen molar-refractivity contribution in [2.24, 2.45) is 5.92 Å². The van der Waals surface area contributed by atoms with Crippen molar-refractivity contribution >= 4 is 37.0 Å². The molecular weight excluding hydrogens is 404 g/mol. The van der Waals surface area contributed by atoms with Crippen LogP contribution >= 0.6 is 26.0 Å². The van der Waals surface area contributed by atoms with Crippen molar-refractivity contribution in [3.63, 3.8) is 0 Å². The van der Waals surface area contributed by atoms with E-state index in [1.807, 2.05) is 16.7 Å². The van der Waals surface area contributed by atoms with Gasteiger partial charge in [-0.25, -0.2) is 15.0 Å². The molecule has 25 heavy (non-hydrogen) atoms. The van der Waals surface area contributed by atoms with Gasteiger partial charge in [0.1, 0.15) is 24.9 Å². The molecule has 1 saturated carbocycles. The Balaban J connectivity index is 1.77. The minimum atomic E-state index is -0.571. The predicted molar refractivity (Wildman–Crippen MR) is 108 cm³/mol. The second-order valence-electron chi connectivity index (χ2n) is 7.47. The van der Waals surface area contributed by atoms with Gasteiger partial charge in [-0.15, -0.1) is 0 Å². The number of rotatable bonds is 9. The van der Waals surface area contributed by atoms with Gasteiger partial charge in [0, 0.05) is 11.8 Å². The van der Waals surface area contributed by atoms with Crippen LogP contribution in [0.1, 0.15) is 18.7 Å². The number of hydrogen-bond acceptors (Lipinski definition) is 4. The summed E-state index contributed by atoms with van der Waals surface area (Å²) in [5.41, 5.74) is 1.76. The van der Waals surface area contributed by atoms with Crippen LogP contribution in [0.25, 0.3) is 11.0 Å². The first-order valence-electron chi connectivity index (χ1n) is 8.53. The van der Waals surface area contributed by atoms with Gasteiger partial charge in [-0.3, -0.25) is 0 Å². The van der Waals surface area contributed by atoms with E-state index in [-0.39, 0.29) is 6.61 Å². The average Bonchev–Trinajstić information content (AvgIpc) is 3.30. The summed E-state index contributed by atoms with van der Waals surface area (Å²) >= 11 is 3.56. The fourth-order valence-corrected chi connectivity index (χ4v) is 3.57. The van der Waals surface area contributed by atoms with Gasteiger partial charge in [0.2, 0.25) is 0 Å². The molecule has 0 aliphatic heterocycles. The highest BCUT2D eigenvalue weighted by molar-refractivity contribution is 9.10. The second-order valence-corrected chi connectivity index (χ2v) is 12.9. The molecule has 1 aromatic carbocycles. The number of aromatic nitrogens is 2. The quantitative estimate of drug-likeness (QED) is 0.615. The van der Waals surface area contributed by atoms with Gasteiger partial charge in [-0.2, -0.15) is 0 Å². The molecule has 0 saturated heterocycles. The first-order chi connectivity index (χ1) is 11.9. The van der Waals surface area contributed by atoms with Crippen molar-refractivity contribution in [1.29, 1.82) is 0 Å². The lowest BCUT2D eigenvalue weighted by Crippen LogP contribution is -2.12. The maximum absolute atomic E-state index is 9.65. The molecule has 0 unspecified atom stereocenters. The first-order valence-corrected chi connectivity index (χ1v) is 12.4. The summed E-state index contributed by atoms with van der Waals surface area (Å²) < 4.78 is 14.6. The van der Waals surface area contributed by atoms with Gasteiger partial charge in [-0.05, 0) is 59.5 Å². The van der Waals surface area contributed by atoms with Crippen LogP contribution in [-0.2, 0) is 18.1 Å². The summed E-state index contributed by atoms with van der Waals surface area (Å²) in [4.78, 5) is 4.52. The zero-order valence-electron chi connectivity index (χ0n) is 15.1. The van der Waals surface area contributed by atoms with Gasteiger partial charge in [0.25, 0.3) is 0 Å². The molecule has 0 radical (unpaired) electrons. The van der Waals surface area contributed by atoms with Crippen LogP contribution in [0, 0.1) is 5.92 Å². The molecular formula is C18H27BrN2O3S. The summed E-state index contributed by atoms with van der Waals surface area (Å²) in [7, 11) is -0.571.